The number of hydrogen-bond donors (Lipinski definition) is 1. The van der Waals surface area contributed by atoms with E-state index in [9.17, 15) is 0 Å². The molecule has 74 valence electrons. The summed E-state index contributed by atoms with van der Waals surface area (Å²) in [6.45, 7) is 10.6. The van der Waals surface area contributed by atoms with E-state index in [1.165, 1.54) is 0 Å². The lowest BCUT2D eigenvalue weighted by Gasteiger charge is -2.15. The third-order valence-corrected chi connectivity index (χ3v) is 2.00. The molecule has 0 aliphatic rings. The maximum absolute atomic E-state index is 5.88. The summed E-state index contributed by atoms with van der Waals surface area (Å²) >= 11 is 0. The zero-order valence-corrected chi connectivity index (χ0v) is 9.13. The van der Waals surface area contributed by atoms with Gasteiger partial charge >= 0.3 is 0 Å². The molecule has 1 rings (SSSR count). The molecule has 0 saturated carbocycles. The standard InChI is InChI=1S/C10H19N3/c1-7(2)13-6-8(11)9(12-13)10(3,4)5/h6-7H,11H2,1-5H3. The van der Waals surface area contributed by atoms with E-state index in [-0.39, 0.29) is 5.41 Å². The van der Waals surface area contributed by atoms with Gasteiger partial charge in [0.15, 0.2) is 0 Å². The molecule has 2 N–H and O–H groups in total. The van der Waals surface area contributed by atoms with Crippen LogP contribution in [0.25, 0.3) is 0 Å². The third kappa shape index (κ3) is 2.02. The largest absolute Gasteiger partial charge is 0.396 e. The van der Waals surface area contributed by atoms with Gasteiger partial charge in [0.05, 0.1) is 11.4 Å². The van der Waals surface area contributed by atoms with Crippen molar-refractivity contribution in [3.63, 3.8) is 0 Å². The first kappa shape index (κ1) is 10.1. The zero-order chi connectivity index (χ0) is 10.2. The average Bonchev–Trinajstić information content (AvgIpc) is 2.29. The van der Waals surface area contributed by atoms with E-state index in [0.717, 1.165) is 11.4 Å². The fourth-order valence-electron chi connectivity index (χ4n) is 1.25. The molecule has 1 aromatic rings. The Labute approximate surface area is 79.9 Å². The van der Waals surface area contributed by atoms with Gasteiger partial charge in [-0.2, -0.15) is 5.10 Å². The summed E-state index contributed by atoms with van der Waals surface area (Å²) in [5.74, 6) is 0. The molecule has 0 aromatic carbocycles. The SMILES string of the molecule is CC(C)n1cc(N)c(C(C)(C)C)n1. The minimum atomic E-state index is 0.0320. The molecule has 0 radical (unpaired) electrons. The molecular formula is C10H19N3. The van der Waals surface area contributed by atoms with Crippen LogP contribution in [0.5, 0.6) is 0 Å². The molecule has 0 saturated heterocycles. The van der Waals surface area contributed by atoms with Gasteiger partial charge in [0.2, 0.25) is 0 Å². The van der Waals surface area contributed by atoms with Crippen LogP contribution in [0.2, 0.25) is 0 Å². The smallest absolute Gasteiger partial charge is 0.0907 e. The summed E-state index contributed by atoms with van der Waals surface area (Å²) in [6.07, 6.45) is 1.91. The van der Waals surface area contributed by atoms with Gasteiger partial charge in [0.25, 0.3) is 0 Å². The molecule has 0 bridgehead atoms. The number of nitrogens with two attached hydrogens (primary N) is 1. The highest BCUT2D eigenvalue weighted by molar-refractivity contribution is 5.44. The fraction of sp³-hybridized carbons (Fsp3) is 0.700. The van der Waals surface area contributed by atoms with Gasteiger partial charge in [-0.15, -0.1) is 0 Å². The Hall–Kier alpha value is -0.990. The second-order valence-corrected chi connectivity index (χ2v) is 4.76. The highest BCUT2D eigenvalue weighted by Gasteiger charge is 2.21. The van der Waals surface area contributed by atoms with Crippen LogP contribution in [-0.4, -0.2) is 9.78 Å². The molecule has 1 aromatic heterocycles. The second kappa shape index (κ2) is 3.05. The van der Waals surface area contributed by atoms with E-state index in [4.69, 9.17) is 5.73 Å². The summed E-state index contributed by atoms with van der Waals surface area (Å²) < 4.78 is 1.91. The van der Waals surface area contributed by atoms with Crippen molar-refractivity contribution in [1.29, 1.82) is 0 Å². The molecule has 0 unspecified atom stereocenters. The predicted molar refractivity (Wildman–Crippen MR) is 55.7 cm³/mol. The first-order chi connectivity index (χ1) is 5.82. The molecule has 1 heterocycles. The van der Waals surface area contributed by atoms with E-state index >= 15 is 0 Å². The topological polar surface area (TPSA) is 43.8 Å². The van der Waals surface area contributed by atoms with Crippen LogP contribution >= 0.6 is 0 Å². The Balaban J connectivity index is 3.11. The average molecular weight is 181 g/mol. The highest BCUT2D eigenvalue weighted by atomic mass is 15.3. The Morgan fingerprint density at radius 1 is 1.38 bits per heavy atom. The van der Waals surface area contributed by atoms with Crippen LogP contribution in [0.1, 0.15) is 46.4 Å². The summed E-state index contributed by atoms with van der Waals surface area (Å²) in [5, 5.41) is 4.47. The van der Waals surface area contributed by atoms with Gasteiger partial charge < -0.3 is 5.73 Å². The maximum Gasteiger partial charge on any atom is 0.0907 e. The van der Waals surface area contributed by atoms with Crippen LogP contribution in [0.3, 0.4) is 0 Å². The molecular weight excluding hydrogens is 162 g/mol. The van der Waals surface area contributed by atoms with Crippen LogP contribution in [0.15, 0.2) is 6.20 Å². The fourth-order valence-corrected chi connectivity index (χ4v) is 1.25. The van der Waals surface area contributed by atoms with E-state index in [1.807, 2.05) is 10.9 Å². The minimum Gasteiger partial charge on any atom is -0.396 e. The number of nitrogens with zero attached hydrogens (tertiary/aromatic N) is 2. The van der Waals surface area contributed by atoms with Crippen molar-refractivity contribution in [2.24, 2.45) is 0 Å². The lowest BCUT2D eigenvalue weighted by atomic mass is 9.92. The third-order valence-electron chi connectivity index (χ3n) is 2.00. The van der Waals surface area contributed by atoms with Crippen molar-refractivity contribution in [3.05, 3.63) is 11.9 Å². The number of nitrogen functional groups attached to an aromatic ring is 1. The molecule has 0 spiro atoms. The first-order valence-electron chi connectivity index (χ1n) is 4.67. The molecule has 0 fully saturated rings. The Morgan fingerprint density at radius 3 is 2.15 bits per heavy atom. The normalized spacial score (nSPS) is 12.5. The number of hydrogen-bond acceptors (Lipinski definition) is 2. The van der Waals surface area contributed by atoms with Crippen molar-refractivity contribution in [1.82, 2.24) is 9.78 Å². The second-order valence-electron chi connectivity index (χ2n) is 4.76. The van der Waals surface area contributed by atoms with Crippen molar-refractivity contribution in [3.8, 4) is 0 Å². The predicted octanol–water partition coefficient (Wildman–Crippen LogP) is 2.34. The van der Waals surface area contributed by atoms with Gasteiger partial charge in [0.1, 0.15) is 0 Å². The van der Waals surface area contributed by atoms with Crippen LogP contribution < -0.4 is 5.73 Å². The van der Waals surface area contributed by atoms with Crippen molar-refractivity contribution in [2.45, 2.75) is 46.1 Å². The number of rotatable bonds is 1. The van der Waals surface area contributed by atoms with Gasteiger partial charge in [-0.05, 0) is 13.8 Å². The molecule has 0 amide bonds. The summed E-state index contributed by atoms with van der Waals surface area (Å²) in [7, 11) is 0. The summed E-state index contributed by atoms with van der Waals surface area (Å²) in [4.78, 5) is 0. The maximum atomic E-state index is 5.88. The van der Waals surface area contributed by atoms with Crippen LogP contribution in [0.4, 0.5) is 5.69 Å². The molecule has 0 atom stereocenters. The van der Waals surface area contributed by atoms with E-state index in [1.54, 1.807) is 0 Å². The Morgan fingerprint density at radius 2 is 1.92 bits per heavy atom. The van der Waals surface area contributed by atoms with Crippen LogP contribution in [0, 0.1) is 0 Å². The first-order valence-corrected chi connectivity index (χ1v) is 4.67. The lowest BCUT2D eigenvalue weighted by molar-refractivity contribution is 0.495. The van der Waals surface area contributed by atoms with Crippen LogP contribution in [-0.2, 0) is 5.41 Å². The van der Waals surface area contributed by atoms with Crippen molar-refractivity contribution in [2.75, 3.05) is 5.73 Å². The molecule has 0 aliphatic heterocycles. The molecule has 13 heavy (non-hydrogen) atoms. The molecule has 3 heteroatoms. The quantitative estimate of drug-likeness (QED) is 0.722. The van der Waals surface area contributed by atoms with Gasteiger partial charge in [-0.3, -0.25) is 4.68 Å². The van der Waals surface area contributed by atoms with Crippen molar-refractivity contribution < 1.29 is 0 Å². The number of aromatic nitrogens is 2. The van der Waals surface area contributed by atoms with E-state index < -0.39 is 0 Å². The highest BCUT2D eigenvalue weighted by Crippen LogP contribution is 2.26. The summed E-state index contributed by atoms with van der Waals surface area (Å²) in [6, 6.07) is 0.374. The van der Waals surface area contributed by atoms with Gasteiger partial charge in [0, 0.05) is 17.7 Å². The number of anilines is 1. The Bertz CT molecular complexity index is 292. The minimum absolute atomic E-state index is 0.0320. The Kier molecular flexibility index (Phi) is 2.37. The van der Waals surface area contributed by atoms with E-state index in [2.05, 4.69) is 39.7 Å². The van der Waals surface area contributed by atoms with Crippen molar-refractivity contribution >= 4 is 5.69 Å². The van der Waals surface area contributed by atoms with Gasteiger partial charge in [-0.25, -0.2) is 0 Å². The summed E-state index contributed by atoms with van der Waals surface area (Å²) in [5.41, 5.74) is 7.69. The molecule has 0 aliphatic carbocycles. The van der Waals surface area contributed by atoms with Gasteiger partial charge in [-0.1, -0.05) is 20.8 Å². The monoisotopic (exact) mass is 181 g/mol. The van der Waals surface area contributed by atoms with E-state index in [0.29, 0.717) is 6.04 Å². The lowest BCUT2D eigenvalue weighted by Crippen LogP contribution is -2.15. The zero-order valence-electron chi connectivity index (χ0n) is 9.13. The molecule has 3 nitrogen and oxygen atoms in total.